The fourth-order valence-electron chi connectivity index (χ4n) is 5.44. The van der Waals surface area contributed by atoms with Crippen LogP contribution >= 0.6 is 0 Å². The average Bonchev–Trinajstić information content (AvgIpc) is 2.43. The van der Waals surface area contributed by atoms with Crippen LogP contribution in [0.4, 0.5) is 4.79 Å². The molecule has 0 saturated heterocycles. The lowest BCUT2D eigenvalue weighted by Crippen LogP contribution is -2.53. The van der Waals surface area contributed by atoms with Gasteiger partial charge in [0.25, 0.3) is 0 Å². The minimum Gasteiger partial charge on any atom is -0.395 e. The highest BCUT2D eigenvalue weighted by Gasteiger charge is 2.50. The van der Waals surface area contributed by atoms with Crippen molar-refractivity contribution in [2.75, 3.05) is 32.8 Å². The van der Waals surface area contributed by atoms with E-state index in [4.69, 9.17) is 10.2 Å². The topological polar surface area (TPSA) is 72.8 Å². The summed E-state index contributed by atoms with van der Waals surface area (Å²) in [7, 11) is 0. The summed E-state index contributed by atoms with van der Waals surface area (Å²) in [6, 6.07) is -0.145. The fourth-order valence-corrected chi connectivity index (χ4v) is 5.44. The third-order valence-electron chi connectivity index (χ3n) is 5.81. The smallest absolute Gasteiger partial charge is 0.317 e. The van der Waals surface area contributed by atoms with E-state index in [1.807, 2.05) is 0 Å². The van der Waals surface area contributed by atoms with Crippen LogP contribution in [0, 0.1) is 23.2 Å². The maximum Gasteiger partial charge on any atom is 0.317 e. The van der Waals surface area contributed by atoms with E-state index in [9.17, 15) is 4.79 Å². The molecule has 0 aromatic heterocycles. The molecule has 0 aromatic carbocycles. The minimum atomic E-state index is -0.145. The van der Waals surface area contributed by atoms with Crippen LogP contribution in [0.25, 0.3) is 0 Å². The van der Waals surface area contributed by atoms with E-state index in [1.54, 1.807) is 0 Å². The van der Waals surface area contributed by atoms with Gasteiger partial charge in [-0.25, -0.2) is 4.79 Å². The van der Waals surface area contributed by atoms with Crippen LogP contribution in [0.5, 0.6) is 0 Å². The first-order valence-corrected chi connectivity index (χ1v) is 8.38. The SMILES string of the molecule is O=C(NCC12CC3CC(CC(C3)C1)C2)N(CCO)CCO. The van der Waals surface area contributed by atoms with E-state index < -0.39 is 0 Å². The Balaban J connectivity index is 1.55. The Kier molecular flexibility index (Phi) is 4.41. The third-order valence-corrected chi connectivity index (χ3v) is 5.81. The molecule has 5 nitrogen and oxygen atoms in total. The van der Waals surface area contributed by atoms with E-state index in [2.05, 4.69) is 5.32 Å². The Morgan fingerprint density at radius 1 is 1.00 bits per heavy atom. The normalized spacial score (nSPS) is 36.8. The second-order valence-corrected chi connectivity index (χ2v) is 7.51. The molecule has 3 N–H and O–H groups in total. The van der Waals surface area contributed by atoms with Gasteiger partial charge in [-0.15, -0.1) is 0 Å². The summed E-state index contributed by atoms with van der Waals surface area (Å²) in [4.78, 5) is 13.7. The molecule has 2 amide bonds. The van der Waals surface area contributed by atoms with Crippen molar-refractivity contribution in [1.82, 2.24) is 10.2 Å². The van der Waals surface area contributed by atoms with E-state index in [1.165, 1.54) is 43.4 Å². The molecule has 0 radical (unpaired) electrons. The van der Waals surface area contributed by atoms with E-state index in [-0.39, 0.29) is 32.3 Å². The third kappa shape index (κ3) is 3.19. The summed E-state index contributed by atoms with van der Waals surface area (Å²) in [6.07, 6.45) is 8.06. The van der Waals surface area contributed by atoms with Gasteiger partial charge < -0.3 is 20.4 Å². The Hall–Kier alpha value is -0.810. The van der Waals surface area contributed by atoms with Gasteiger partial charge in [-0.05, 0) is 61.7 Å². The zero-order valence-electron chi connectivity index (χ0n) is 12.8. The van der Waals surface area contributed by atoms with Gasteiger partial charge in [0.15, 0.2) is 0 Å². The second kappa shape index (κ2) is 6.13. The number of amides is 2. The maximum absolute atomic E-state index is 12.2. The monoisotopic (exact) mass is 296 g/mol. The van der Waals surface area contributed by atoms with Crippen LogP contribution < -0.4 is 5.32 Å². The Morgan fingerprint density at radius 2 is 1.48 bits per heavy atom. The van der Waals surface area contributed by atoms with Gasteiger partial charge in [0.1, 0.15) is 0 Å². The Morgan fingerprint density at radius 3 is 1.90 bits per heavy atom. The predicted octanol–water partition coefficient (Wildman–Crippen LogP) is 1.20. The maximum atomic E-state index is 12.2. The molecule has 4 aliphatic carbocycles. The molecule has 21 heavy (non-hydrogen) atoms. The van der Waals surface area contributed by atoms with Crippen molar-refractivity contribution in [2.45, 2.75) is 38.5 Å². The highest BCUT2D eigenvalue weighted by atomic mass is 16.3. The first kappa shape index (κ1) is 15.1. The summed E-state index contributed by atoms with van der Waals surface area (Å²) in [5.41, 5.74) is 0.328. The van der Waals surface area contributed by atoms with Gasteiger partial charge in [-0.1, -0.05) is 0 Å². The van der Waals surface area contributed by atoms with Crippen molar-refractivity contribution in [3.63, 3.8) is 0 Å². The summed E-state index contributed by atoms with van der Waals surface area (Å²) >= 11 is 0. The van der Waals surface area contributed by atoms with Gasteiger partial charge in [0, 0.05) is 19.6 Å². The number of aliphatic hydroxyl groups excluding tert-OH is 2. The Labute approximate surface area is 126 Å². The predicted molar refractivity (Wildman–Crippen MR) is 79.7 cm³/mol. The highest BCUT2D eigenvalue weighted by Crippen LogP contribution is 2.59. The highest BCUT2D eigenvalue weighted by molar-refractivity contribution is 5.74. The molecule has 4 saturated carbocycles. The summed E-state index contributed by atoms with van der Waals surface area (Å²) in [5.74, 6) is 2.66. The number of nitrogens with one attached hydrogen (secondary N) is 1. The Bertz CT molecular complexity index is 344. The van der Waals surface area contributed by atoms with Gasteiger partial charge >= 0.3 is 6.03 Å². The lowest BCUT2D eigenvalue weighted by atomic mass is 9.49. The fraction of sp³-hybridized carbons (Fsp3) is 0.938. The number of carbonyl (C=O) groups excluding carboxylic acids is 1. The molecule has 4 bridgehead atoms. The van der Waals surface area contributed by atoms with Crippen molar-refractivity contribution in [2.24, 2.45) is 23.2 Å². The molecule has 0 atom stereocenters. The van der Waals surface area contributed by atoms with Gasteiger partial charge in [-0.3, -0.25) is 0 Å². The molecule has 5 heteroatoms. The van der Waals surface area contributed by atoms with E-state index >= 15 is 0 Å². The van der Waals surface area contributed by atoms with Crippen LogP contribution in [0.2, 0.25) is 0 Å². The van der Waals surface area contributed by atoms with Crippen molar-refractivity contribution in [1.29, 1.82) is 0 Å². The number of rotatable bonds is 6. The van der Waals surface area contributed by atoms with Crippen LogP contribution in [0.1, 0.15) is 38.5 Å². The van der Waals surface area contributed by atoms with Crippen LogP contribution in [-0.2, 0) is 0 Å². The first-order chi connectivity index (χ1) is 10.1. The molecule has 0 aromatic rings. The summed E-state index contributed by atoms with van der Waals surface area (Å²) < 4.78 is 0. The molecule has 4 rings (SSSR count). The number of nitrogens with zero attached hydrogens (tertiary/aromatic N) is 1. The number of carbonyl (C=O) groups is 1. The molecule has 0 unspecified atom stereocenters. The van der Waals surface area contributed by atoms with Crippen LogP contribution in [0.15, 0.2) is 0 Å². The van der Waals surface area contributed by atoms with Crippen LogP contribution in [-0.4, -0.2) is 54.0 Å². The minimum absolute atomic E-state index is 0.0647. The number of hydrogen-bond donors (Lipinski definition) is 3. The molecule has 4 fully saturated rings. The van der Waals surface area contributed by atoms with Gasteiger partial charge in [0.2, 0.25) is 0 Å². The summed E-state index contributed by atoms with van der Waals surface area (Å²) in [6.45, 7) is 1.21. The molecule has 0 spiro atoms. The van der Waals surface area contributed by atoms with E-state index in [0.29, 0.717) is 5.41 Å². The molecular weight excluding hydrogens is 268 g/mol. The van der Waals surface area contributed by atoms with E-state index in [0.717, 1.165) is 24.3 Å². The molecule has 4 aliphatic rings. The first-order valence-electron chi connectivity index (χ1n) is 8.38. The van der Waals surface area contributed by atoms with Crippen LogP contribution in [0.3, 0.4) is 0 Å². The van der Waals surface area contributed by atoms with Crippen molar-refractivity contribution in [3.8, 4) is 0 Å². The quantitative estimate of drug-likeness (QED) is 0.689. The molecule has 0 aliphatic heterocycles. The van der Waals surface area contributed by atoms with Crippen molar-refractivity contribution >= 4 is 6.03 Å². The van der Waals surface area contributed by atoms with Crippen molar-refractivity contribution in [3.05, 3.63) is 0 Å². The lowest BCUT2D eigenvalue weighted by Gasteiger charge is -2.57. The number of aliphatic hydroxyl groups is 2. The average molecular weight is 296 g/mol. The van der Waals surface area contributed by atoms with Gasteiger partial charge in [-0.2, -0.15) is 0 Å². The molecular formula is C16H28N2O3. The molecule has 0 heterocycles. The zero-order chi connectivity index (χ0) is 14.9. The van der Waals surface area contributed by atoms with Crippen molar-refractivity contribution < 1.29 is 15.0 Å². The standard InChI is InChI=1S/C16H28N2O3/c19-3-1-18(2-4-20)15(21)17-11-16-8-12-5-13(9-16)7-14(6-12)10-16/h12-14,19-20H,1-11H2,(H,17,21). The second-order valence-electron chi connectivity index (χ2n) is 7.51. The number of urea groups is 1. The largest absolute Gasteiger partial charge is 0.395 e. The lowest BCUT2D eigenvalue weighted by molar-refractivity contribution is -0.0503. The molecule has 120 valence electrons. The summed E-state index contributed by atoms with van der Waals surface area (Å²) in [5, 5.41) is 21.1. The number of hydrogen-bond acceptors (Lipinski definition) is 3. The zero-order valence-corrected chi connectivity index (χ0v) is 12.8. The van der Waals surface area contributed by atoms with Gasteiger partial charge in [0.05, 0.1) is 13.2 Å².